The van der Waals surface area contributed by atoms with Crippen LogP contribution < -0.4 is 10.1 Å². The molecule has 0 saturated carbocycles. The number of benzene rings is 1. The van der Waals surface area contributed by atoms with Crippen LogP contribution in [-0.4, -0.2) is 13.4 Å². The summed E-state index contributed by atoms with van der Waals surface area (Å²) in [5.41, 5.74) is 1.19. The SMILES string of the molecule is CNc1c(OC(F)(F)F)cc(I)cc1C(C)C. The van der Waals surface area contributed by atoms with Gasteiger partial charge in [-0.2, -0.15) is 0 Å². The van der Waals surface area contributed by atoms with Crippen LogP contribution in [0.3, 0.4) is 0 Å². The van der Waals surface area contributed by atoms with Gasteiger partial charge in [0.1, 0.15) is 0 Å². The first-order valence-corrected chi connectivity index (χ1v) is 6.09. The Morgan fingerprint density at radius 2 is 1.88 bits per heavy atom. The van der Waals surface area contributed by atoms with Gasteiger partial charge in [0.25, 0.3) is 0 Å². The first-order chi connectivity index (χ1) is 7.74. The van der Waals surface area contributed by atoms with E-state index in [1.54, 1.807) is 7.05 Å². The lowest BCUT2D eigenvalue weighted by molar-refractivity contribution is -0.274. The second kappa shape index (κ2) is 5.32. The zero-order valence-corrected chi connectivity index (χ0v) is 11.8. The second-order valence-electron chi connectivity index (χ2n) is 3.82. The number of anilines is 1. The molecule has 0 heterocycles. The van der Waals surface area contributed by atoms with Crippen LogP contribution in [0, 0.1) is 3.57 Å². The molecule has 2 nitrogen and oxygen atoms in total. The lowest BCUT2D eigenvalue weighted by Crippen LogP contribution is -2.18. The molecule has 0 aliphatic rings. The van der Waals surface area contributed by atoms with Crippen LogP contribution in [0.5, 0.6) is 5.75 Å². The molecule has 0 radical (unpaired) electrons. The highest BCUT2D eigenvalue weighted by Crippen LogP contribution is 2.37. The first kappa shape index (κ1) is 14.4. The van der Waals surface area contributed by atoms with Crippen molar-refractivity contribution in [2.75, 3.05) is 12.4 Å². The molecule has 1 aromatic rings. The predicted molar refractivity (Wildman–Crippen MR) is 69.5 cm³/mol. The number of halogens is 4. The second-order valence-corrected chi connectivity index (χ2v) is 5.07. The molecular weight excluding hydrogens is 346 g/mol. The third kappa shape index (κ3) is 3.93. The van der Waals surface area contributed by atoms with Crippen molar-refractivity contribution in [2.45, 2.75) is 26.1 Å². The fourth-order valence-corrected chi connectivity index (χ4v) is 2.15. The summed E-state index contributed by atoms with van der Waals surface area (Å²) in [5, 5.41) is 2.77. The minimum Gasteiger partial charge on any atom is -0.404 e. The van der Waals surface area contributed by atoms with E-state index in [0.29, 0.717) is 9.26 Å². The summed E-state index contributed by atoms with van der Waals surface area (Å²) in [6.07, 6.45) is -4.68. The smallest absolute Gasteiger partial charge is 0.404 e. The third-order valence-electron chi connectivity index (χ3n) is 2.20. The minimum atomic E-state index is -4.68. The Bertz CT molecular complexity index is 404. The first-order valence-electron chi connectivity index (χ1n) is 5.01. The Morgan fingerprint density at radius 1 is 1.29 bits per heavy atom. The normalized spacial score (nSPS) is 11.8. The van der Waals surface area contributed by atoms with E-state index >= 15 is 0 Å². The molecule has 0 aliphatic carbocycles. The quantitative estimate of drug-likeness (QED) is 0.810. The molecule has 1 N–H and O–H groups in total. The van der Waals surface area contributed by atoms with E-state index in [2.05, 4.69) is 10.1 Å². The lowest BCUT2D eigenvalue weighted by atomic mass is 10.0. The van der Waals surface area contributed by atoms with E-state index in [1.807, 2.05) is 42.5 Å². The van der Waals surface area contributed by atoms with Crippen molar-refractivity contribution in [3.8, 4) is 5.75 Å². The average Bonchev–Trinajstić information content (AvgIpc) is 2.14. The van der Waals surface area contributed by atoms with Crippen LogP contribution >= 0.6 is 22.6 Å². The van der Waals surface area contributed by atoms with Crippen LogP contribution in [0.4, 0.5) is 18.9 Å². The van der Waals surface area contributed by atoms with E-state index in [9.17, 15) is 13.2 Å². The maximum atomic E-state index is 12.3. The van der Waals surface area contributed by atoms with Crippen LogP contribution in [0.2, 0.25) is 0 Å². The van der Waals surface area contributed by atoms with Crippen molar-refractivity contribution >= 4 is 28.3 Å². The molecule has 0 saturated heterocycles. The van der Waals surface area contributed by atoms with Gasteiger partial charge < -0.3 is 10.1 Å². The molecule has 0 fully saturated rings. The van der Waals surface area contributed by atoms with Gasteiger partial charge in [0.05, 0.1) is 5.69 Å². The summed E-state index contributed by atoms with van der Waals surface area (Å²) in [6, 6.07) is 3.21. The van der Waals surface area contributed by atoms with Gasteiger partial charge >= 0.3 is 6.36 Å². The summed E-state index contributed by atoms with van der Waals surface area (Å²) in [4.78, 5) is 0. The summed E-state index contributed by atoms with van der Waals surface area (Å²) in [5.74, 6) is -0.0710. The van der Waals surface area contributed by atoms with Gasteiger partial charge in [0, 0.05) is 10.6 Å². The third-order valence-corrected chi connectivity index (χ3v) is 2.82. The number of alkyl halides is 3. The number of rotatable bonds is 3. The monoisotopic (exact) mass is 359 g/mol. The van der Waals surface area contributed by atoms with Crippen molar-refractivity contribution in [3.63, 3.8) is 0 Å². The van der Waals surface area contributed by atoms with E-state index in [-0.39, 0.29) is 11.7 Å². The van der Waals surface area contributed by atoms with Crippen molar-refractivity contribution in [1.29, 1.82) is 0 Å². The molecule has 0 atom stereocenters. The van der Waals surface area contributed by atoms with Gasteiger partial charge in [-0.25, -0.2) is 0 Å². The molecule has 0 unspecified atom stereocenters. The molecule has 0 aliphatic heterocycles. The molecule has 1 rings (SSSR count). The van der Waals surface area contributed by atoms with Crippen LogP contribution in [0.1, 0.15) is 25.3 Å². The standard InChI is InChI=1S/C11H13F3INO/c1-6(2)8-4-7(15)5-9(10(8)16-3)17-11(12,13)14/h4-6,16H,1-3H3. The van der Waals surface area contributed by atoms with Gasteiger partial charge in [0.2, 0.25) is 0 Å². The molecule has 0 bridgehead atoms. The van der Waals surface area contributed by atoms with Crippen molar-refractivity contribution in [1.82, 2.24) is 0 Å². The lowest BCUT2D eigenvalue weighted by Gasteiger charge is -2.18. The van der Waals surface area contributed by atoms with Gasteiger partial charge in [-0.3, -0.25) is 0 Å². The Morgan fingerprint density at radius 3 is 2.29 bits per heavy atom. The topological polar surface area (TPSA) is 21.3 Å². The molecule has 6 heteroatoms. The fourth-order valence-electron chi connectivity index (χ4n) is 1.53. The highest BCUT2D eigenvalue weighted by molar-refractivity contribution is 14.1. The Kier molecular flexibility index (Phi) is 4.51. The molecule has 96 valence electrons. The summed E-state index contributed by atoms with van der Waals surface area (Å²) >= 11 is 1.97. The van der Waals surface area contributed by atoms with Gasteiger partial charge in [-0.15, -0.1) is 13.2 Å². The molecule has 0 amide bonds. The number of hydrogen-bond acceptors (Lipinski definition) is 2. The number of ether oxygens (including phenoxy) is 1. The van der Waals surface area contributed by atoms with Gasteiger partial charge in [-0.05, 0) is 46.2 Å². The van der Waals surface area contributed by atoms with E-state index < -0.39 is 6.36 Å². The zero-order valence-electron chi connectivity index (χ0n) is 9.65. The highest BCUT2D eigenvalue weighted by Gasteiger charge is 2.32. The van der Waals surface area contributed by atoms with Crippen molar-refractivity contribution in [3.05, 3.63) is 21.3 Å². The summed E-state index contributed by atoms with van der Waals surface area (Å²) < 4.78 is 41.5. The molecule has 0 spiro atoms. The summed E-state index contributed by atoms with van der Waals surface area (Å²) in [6.45, 7) is 3.84. The Balaban J connectivity index is 3.28. The predicted octanol–water partition coefficient (Wildman–Crippen LogP) is 4.35. The van der Waals surface area contributed by atoms with Crippen LogP contribution in [0.25, 0.3) is 0 Å². The van der Waals surface area contributed by atoms with Crippen LogP contribution in [-0.2, 0) is 0 Å². The molecular formula is C11H13F3INO. The minimum absolute atomic E-state index is 0.114. The zero-order chi connectivity index (χ0) is 13.2. The Labute approximate surface area is 112 Å². The Hall–Kier alpha value is -0.660. The van der Waals surface area contributed by atoms with Crippen molar-refractivity contribution < 1.29 is 17.9 Å². The molecule has 1 aromatic carbocycles. The van der Waals surface area contributed by atoms with Gasteiger partial charge in [0.15, 0.2) is 5.75 Å². The largest absolute Gasteiger partial charge is 0.573 e. The summed E-state index contributed by atoms with van der Waals surface area (Å²) in [7, 11) is 1.58. The average molecular weight is 359 g/mol. The van der Waals surface area contributed by atoms with Crippen molar-refractivity contribution in [2.24, 2.45) is 0 Å². The number of nitrogens with one attached hydrogen (secondary N) is 1. The van der Waals surface area contributed by atoms with Gasteiger partial charge in [-0.1, -0.05) is 13.8 Å². The maximum absolute atomic E-state index is 12.3. The molecule has 17 heavy (non-hydrogen) atoms. The highest BCUT2D eigenvalue weighted by atomic mass is 127. The van der Waals surface area contributed by atoms with Crippen LogP contribution in [0.15, 0.2) is 12.1 Å². The van der Waals surface area contributed by atoms with E-state index in [4.69, 9.17) is 0 Å². The molecule has 0 aromatic heterocycles. The fraction of sp³-hybridized carbons (Fsp3) is 0.455. The maximum Gasteiger partial charge on any atom is 0.573 e. The van der Waals surface area contributed by atoms with E-state index in [0.717, 1.165) is 5.56 Å². The number of hydrogen-bond donors (Lipinski definition) is 1. The van der Waals surface area contributed by atoms with E-state index in [1.165, 1.54) is 6.07 Å².